The molecule has 0 unspecified atom stereocenters. The van der Waals surface area contributed by atoms with Gasteiger partial charge in [-0.25, -0.2) is 0 Å². The summed E-state index contributed by atoms with van der Waals surface area (Å²) < 4.78 is 0.932. The Balaban J connectivity index is 2.46. The van der Waals surface area contributed by atoms with Crippen molar-refractivity contribution in [3.05, 3.63) is 57.0 Å². The maximum absolute atomic E-state index is 9.11. The highest BCUT2D eigenvalue weighted by Crippen LogP contribution is 2.31. The van der Waals surface area contributed by atoms with E-state index in [-0.39, 0.29) is 0 Å². The van der Waals surface area contributed by atoms with Crippen LogP contribution in [0.25, 0.3) is 0 Å². The van der Waals surface area contributed by atoms with Crippen LogP contribution in [0.4, 0.5) is 11.4 Å². The third-order valence-corrected chi connectivity index (χ3v) is 3.40. The summed E-state index contributed by atoms with van der Waals surface area (Å²) in [7, 11) is 0. The number of aryl methyl sites for hydroxylation is 1. The lowest BCUT2D eigenvalue weighted by Crippen LogP contribution is -1.97. The molecule has 0 fully saturated rings. The molecule has 0 bridgehead atoms. The van der Waals surface area contributed by atoms with Crippen molar-refractivity contribution in [1.82, 2.24) is 0 Å². The lowest BCUT2D eigenvalue weighted by Gasteiger charge is -2.12. The van der Waals surface area contributed by atoms with Crippen LogP contribution in [-0.4, -0.2) is 0 Å². The molecule has 4 heteroatoms. The van der Waals surface area contributed by atoms with Crippen LogP contribution in [0.5, 0.6) is 0 Å². The lowest BCUT2D eigenvalue weighted by atomic mass is 10.1. The number of hydrogen-bond donors (Lipinski definition) is 1. The van der Waals surface area contributed by atoms with Crippen LogP contribution in [-0.2, 0) is 0 Å². The van der Waals surface area contributed by atoms with Gasteiger partial charge in [0.1, 0.15) is 6.07 Å². The van der Waals surface area contributed by atoms with Crippen molar-refractivity contribution in [2.24, 2.45) is 0 Å². The molecule has 2 aromatic rings. The summed E-state index contributed by atoms with van der Waals surface area (Å²) in [4.78, 5) is 0. The van der Waals surface area contributed by atoms with Crippen LogP contribution in [0, 0.1) is 18.3 Å². The Bertz CT molecular complexity index is 632. The molecule has 0 spiro atoms. The summed E-state index contributed by atoms with van der Waals surface area (Å²) in [5.41, 5.74) is 3.17. The molecule has 18 heavy (non-hydrogen) atoms. The second kappa shape index (κ2) is 5.43. The number of halogens is 2. The fourth-order valence-electron chi connectivity index (χ4n) is 1.65. The summed E-state index contributed by atoms with van der Waals surface area (Å²) in [6.45, 7) is 1.95. The zero-order chi connectivity index (χ0) is 13.1. The molecule has 2 aromatic carbocycles. The Morgan fingerprint density at radius 1 is 1.28 bits per heavy atom. The minimum Gasteiger partial charge on any atom is -0.353 e. The van der Waals surface area contributed by atoms with Gasteiger partial charge < -0.3 is 5.32 Å². The predicted octanol–water partition coefficient (Wildman–Crippen LogP) is 5.03. The minimum absolute atomic E-state index is 0.603. The molecule has 0 saturated heterocycles. The maximum Gasteiger partial charge on any atom is 0.101 e. The van der Waals surface area contributed by atoms with Gasteiger partial charge in [0.05, 0.1) is 22.0 Å². The Morgan fingerprint density at radius 2 is 2.06 bits per heavy atom. The van der Waals surface area contributed by atoms with Gasteiger partial charge in [-0.15, -0.1) is 0 Å². The van der Waals surface area contributed by atoms with Crippen LogP contribution in [0.1, 0.15) is 11.1 Å². The largest absolute Gasteiger partial charge is 0.353 e. The van der Waals surface area contributed by atoms with E-state index in [9.17, 15) is 0 Å². The number of benzene rings is 2. The highest BCUT2D eigenvalue weighted by molar-refractivity contribution is 9.10. The van der Waals surface area contributed by atoms with E-state index in [1.807, 2.05) is 31.2 Å². The molecule has 0 aliphatic carbocycles. The van der Waals surface area contributed by atoms with E-state index in [2.05, 4.69) is 27.3 Å². The topological polar surface area (TPSA) is 35.8 Å². The average Bonchev–Trinajstić information content (AvgIpc) is 2.36. The summed E-state index contributed by atoms with van der Waals surface area (Å²) >= 11 is 9.53. The first-order valence-electron chi connectivity index (χ1n) is 5.33. The molecular weight excluding hydrogens is 312 g/mol. The molecule has 0 atom stereocenters. The van der Waals surface area contributed by atoms with Gasteiger partial charge in [-0.3, -0.25) is 0 Å². The molecule has 1 N–H and O–H groups in total. The molecule has 0 aromatic heterocycles. The fraction of sp³-hybridized carbons (Fsp3) is 0.0714. The van der Waals surface area contributed by atoms with Gasteiger partial charge in [0.15, 0.2) is 0 Å². The smallest absolute Gasteiger partial charge is 0.101 e. The van der Waals surface area contributed by atoms with Crippen LogP contribution >= 0.6 is 27.5 Å². The second-order valence-electron chi connectivity index (χ2n) is 3.86. The number of hydrogen-bond acceptors (Lipinski definition) is 2. The molecular formula is C14H10BrClN2. The van der Waals surface area contributed by atoms with Gasteiger partial charge in [-0.1, -0.05) is 39.7 Å². The molecule has 0 amide bonds. The normalized spacial score (nSPS) is 9.89. The molecule has 0 aliphatic rings. The standard InChI is InChI=1S/C14H10BrClN2/c1-9-3-2-4-10(8-17)14(9)18-13-7-11(15)5-6-12(13)16/h2-7,18H,1H3. The Hall–Kier alpha value is -1.50. The van der Waals surface area contributed by atoms with Crippen molar-refractivity contribution < 1.29 is 0 Å². The molecule has 90 valence electrons. The van der Waals surface area contributed by atoms with E-state index in [4.69, 9.17) is 16.9 Å². The van der Waals surface area contributed by atoms with Crippen molar-refractivity contribution >= 4 is 38.9 Å². The first kappa shape index (κ1) is 12.9. The van der Waals surface area contributed by atoms with Crippen molar-refractivity contribution in [2.45, 2.75) is 6.92 Å². The Labute approximate surface area is 119 Å². The molecule has 2 nitrogen and oxygen atoms in total. The Kier molecular flexibility index (Phi) is 3.90. The maximum atomic E-state index is 9.11. The number of anilines is 2. The molecule has 0 saturated carbocycles. The van der Waals surface area contributed by atoms with Crippen molar-refractivity contribution in [2.75, 3.05) is 5.32 Å². The van der Waals surface area contributed by atoms with Gasteiger partial charge in [0, 0.05) is 4.47 Å². The zero-order valence-corrected chi connectivity index (χ0v) is 12.0. The molecule has 2 rings (SSSR count). The highest BCUT2D eigenvalue weighted by Gasteiger charge is 2.08. The van der Waals surface area contributed by atoms with E-state index in [0.717, 1.165) is 21.4 Å². The van der Waals surface area contributed by atoms with Gasteiger partial charge in [-0.2, -0.15) is 5.26 Å². The summed E-state index contributed by atoms with van der Waals surface area (Å²) in [5, 5.41) is 12.9. The second-order valence-corrected chi connectivity index (χ2v) is 5.18. The molecule has 0 aliphatic heterocycles. The van der Waals surface area contributed by atoms with E-state index in [1.165, 1.54) is 0 Å². The third-order valence-electron chi connectivity index (χ3n) is 2.58. The van der Waals surface area contributed by atoms with Crippen LogP contribution < -0.4 is 5.32 Å². The van der Waals surface area contributed by atoms with Gasteiger partial charge in [0.2, 0.25) is 0 Å². The Morgan fingerprint density at radius 3 is 2.78 bits per heavy atom. The average molecular weight is 322 g/mol. The van der Waals surface area contributed by atoms with E-state index < -0.39 is 0 Å². The predicted molar refractivity (Wildman–Crippen MR) is 78.3 cm³/mol. The van der Waals surface area contributed by atoms with Gasteiger partial charge >= 0.3 is 0 Å². The van der Waals surface area contributed by atoms with Crippen molar-refractivity contribution in [3.63, 3.8) is 0 Å². The number of nitrogens with one attached hydrogen (secondary N) is 1. The van der Waals surface area contributed by atoms with E-state index >= 15 is 0 Å². The highest BCUT2D eigenvalue weighted by atomic mass is 79.9. The fourth-order valence-corrected chi connectivity index (χ4v) is 2.18. The van der Waals surface area contributed by atoms with E-state index in [1.54, 1.807) is 12.1 Å². The number of para-hydroxylation sites is 1. The van der Waals surface area contributed by atoms with Crippen LogP contribution in [0.15, 0.2) is 40.9 Å². The van der Waals surface area contributed by atoms with Gasteiger partial charge in [0.25, 0.3) is 0 Å². The van der Waals surface area contributed by atoms with E-state index in [0.29, 0.717) is 10.6 Å². The summed E-state index contributed by atoms with van der Waals surface area (Å²) in [6.07, 6.45) is 0. The SMILES string of the molecule is Cc1cccc(C#N)c1Nc1cc(Br)ccc1Cl. The number of nitriles is 1. The first-order valence-corrected chi connectivity index (χ1v) is 6.50. The number of nitrogens with zero attached hydrogens (tertiary/aromatic N) is 1. The lowest BCUT2D eigenvalue weighted by molar-refractivity contribution is 1.39. The zero-order valence-electron chi connectivity index (χ0n) is 9.67. The van der Waals surface area contributed by atoms with Crippen LogP contribution in [0.2, 0.25) is 5.02 Å². The van der Waals surface area contributed by atoms with Crippen molar-refractivity contribution in [1.29, 1.82) is 5.26 Å². The monoisotopic (exact) mass is 320 g/mol. The minimum atomic E-state index is 0.603. The number of rotatable bonds is 2. The molecule has 0 heterocycles. The van der Waals surface area contributed by atoms with Gasteiger partial charge in [-0.05, 0) is 36.8 Å². The summed E-state index contributed by atoms with van der Waals surface area (Å²) in [6, 6.07) is 13.3. The van der Waals surface area contributed by atoms with Crippen molar-refractivity contribution in [3.8, 4) is 6.07 Å². The van der Waals surface area contributed by atoms with Crippen LogP contribution in [0.3, 0.4) is 0 Å². The first-order chi connectivity index (χ1) is 8.61. The third kappa shape index (κ3) is 2.66. The summed E-state index contributed by atoms with van der Waals surface area (Å²) in [5.74, 6) is 0. The molecule has 0 radical (unpaired) electrons. The quantitative estimate of drug-likeness (QED) is 0.842.